The highest BCUT2D eigenvalue weighted by Crippen LogP contribution is 2.32. The van der Waals surface area contributed by atoms with Gasteiger partial charge in [-0.25, -0.2) is 0 Å². The number of fused-ring (bicyclic) bond motifs is 1. The van der Waals surface area contributed by atoms with E-state index in [1.54, 1.807) is 10.4 Å². The lowest BCUT2D eigenvalue weighted by molar-refractivity contribution is 0.395. The number of thiophene rings is 1. The van der Waals surface area contributed by atoms with Crippen LogP contribution in [0.25, 0.3) is 0 Å². The number of hydrogen-bond acceptors (Lipinski definition) is 2. The normalized spacial score (nSPS) is 23.1. The SMILES string of the molecule is CCC(C)CC1NCCc2ccsc21. The maximum atomic E-state index is 3.64. The summed E-state index contributed by atoms with van der Waals surface area (Å²) in [6.07, 6.45) is 3.80. The van der Waals surface area contributed by atoms with Gasteiger partial charge in [-0.1, -0.05) is 20.3 Å². The minimum atomic E-state index is 0.633. The van der Waals surface area contributed by atoms with Crippen LogP contribution in [0.5, 0.6) is 0 Å². The zero-order chi connectivity index (χ0) is 9.97. The van der Waals surface area contributed by atoms with Gasteiger partial charge in [-0.15, -0.1) is 11.3 Å². The first-order valence-corrected chi connectivity index (χ1v) is 6.49. The van der Waals surface area contributed by atoms with Crippen molar-refractivity contribution in [2.75, 3.05) is 6.54 Å². The number of nitrogens with one attached hydrogen (secondary N) is 1. The highest BCUT2D eigenvalue weighted by atomic mass is 32.1. The molecular formula is C12H19NS. The molecule has 1 aromatic rings. The molecule has 1 N–H and O–H groups in total. The third-order valence-corrected chi connectivity index (χ3v) is 4.29. The van der Waals surface area contributed by atoms with Crippen molar-refractivity contribution < 1.29 is 0 Å². The predicted octanol–water partition coefficient (Wildman–Crippen LogP) is 3.37. The third kappa shape index (κ3) is 2.01. The lowest BCUT2D eigenvalue weighted by Crippen LogP contribution is -2.29. The minimum absolute atomic E-state index is 0.633. The van der Waals surface area contributed by atoms with E-state index in [9.17, 15) is 0 Å². The molecule has 0 spiro atoms. The van der Waals surface area contributed by atoms with Crippen molar-refractivity contribution >= 4 is 11.3 Å². The molecule has 0 bridgehead atoms. The number of rotatable bonds is 3. The van der Waals surface area contributed by atoms with Gasteiger partial charge in [-0.3, -0.25) is 0 Å². The smallest absolute Gasteiger partial charge is 0.0420 e. The van der Waals surface area contributed by atoms with Gasteiger partial charge in [0.25, 0.3) is 0 Å². The molecule has 0 saturated heterocycles. The van der Waals surface area contributed by atoms with Gasteiger partial charge < -0.3 is 5.32 Å². The molecule has 78 valence electrons. The molecule has 0 aromatic carbocycles. The maximum absolute atomic E-state index is 3.64. The first-order chi connectivity index (χ1) is 6.81. The summed E-state index contributed by atoms with van der Waals surface area (Å²) in [4.78, 5) is 1.59. The van der Waals surface area contributed by atoms with Gasteiger partial charge in [0, 0.05) is 10.9 Å². The summed E-state index contributed by atoms with van der Waals surface area (Å²) in [6, 6.07) is 2.93. The van der Waals surface area contributed by atoms with E-state index < -0.39 is 0 Å². The molecule has 0 amide bonds. The van der Waals surface area contributed by atoms with Gasteiger partial charge in [-0.2, -0.15) is 0 Å². The predicted molar refractivity (Wildman–Crippen MR) is 62.8 cm³/mol. The molecule has 0 radical (unpaired) electrons. The van der Waals surface area contributed by atoms with Crippen molar-refractivity contribution in [1.82, 2.24) is 5.32 Å². The molecule has 2 rings (SSSR count). The second-order valence-corrected chi connectivity index (χ2v) is 5.26. The Hall–Kier alpha value is -0.340. The maximum Gasteiger partial charge on any atom is 0.0420 e. The van der Waals surface area contributed by atoms with E-state index in [2.05, 4.69) is 30.6 Å². The Morgan fingerprint density at radius 3 is 3.29 bits per heavy atom. The molecule has 2 heterocycles. The van der Waals surface area contributed by atoms with Crippen molar-refractivity contribution in [3.8, 4) is 0 Å². The average Bonchev–Trinajstić information content (AvgIpc) is 2.66. The summed E-state index contributed by atoms with van der Waals surface area (Å²) in [5.74, 6) is 0.834. The fourth-order valence-electron chi connectivity index (χ4n) is 2.09. The highest BCUT2D eigenvalue weighted by Gasteiger charge is 2.21. The van der Waals surface area contributed by atoms with Crippen LogP contribution in [-0.4, -0.2) is 6.54 Å². The molecule has 2 heteroatoms. The summed E-state index contributed by atoms with van der Waals surface area (Å²) in [7, 11) is 0. The Morgan fingerprint density at radius 2 is 2.50 bits per heavy atom. The van der Waals surface area contributed by atoms with Crippen LogP contribution < -0.4 is 5.32 Å². The topological polar surface area (TPSA) is 12.0 Å². The average molecular weight is 209 g/mol. The second-order valence-electron chi connectivity index (χ2n) is 4.32. The van der Waals surface area contributed by atoms with Crippen molar-refractivity contribution in [3.63, 3.8) is 0 Å². The molecule has 1 aliphatic heterocycles. The van der Waals surface area contributed by atoms with Crippen LogP contribution in [0.4, 0.5) is 0 Å². The fraction of sp³-hybridized carbons (Fsp3) is 0.667. The summed E-state index contributed by atoms with van der Waals surface area (Å²) < 4.78 is 0. The van der Waals surface area contributed by atoms with E-state index in [0.717, 1.165) is 12.5 Å². The Labute approximate surface area is 90.5 Å². The summed E-state index contributed by atoms with van der Waals surface area (Å²) in [5.41, 5.74) is 1.59. The van der Waals surface area contributed by atoms with Gasteiger partial charge >= 0.3 is 0 Å². The van der Waals surface area contributed by atoms with Gasteiger partial charge in [0.1, 0.15) is 0 Å². The molecule has 0 aliphatic carbocycles. The van der Waals surface area contributed by atoms with Gasteiger partial charge in [-0.05, 0) is 42.3 Å². The van der Waals surface area contributed by atoms with E-state index in [1.807, 2.05) is 11.3 Å². The molecular weight excluding hydrogens is 190 g/mol. The first kappa shape index (κ1) is 10.2. The largest absolute Gasteiger partial charge is 0.309 e. The molecule has 1 nitrogen and oxygen atoms in total. The van der Waals surface area contributed by atoms with Crippen LogP contribution in [0, 0.1) is 5.92 Å². The monoisotopic (exact) mass is 209 g/mol. The van der Waals surface area contributed by atoms with Crippen LogP contribution >= 0.6 is 11.3 Å². The van der Waals surface area contributed by atoms with Crippen molar-refractivity contribution in [2.24, 2.45) is 5.92 Å². The highest BCUT2D eigenvalue weighted by molar-refractivity contribution is 7.10. The molecule has 2 unspecified atom stereocenters. The summed E-state index contributed by atoms with van der Waals surface area (Å²) >= 11 is 1.92. The number of hydrogen-bond donors (Lipinski definition) is 1. The third-order valence-electron chi connectivity index (χ3n) is 3.22. The van der Waals surface area contributed by atoms with Gasteiger partial charge in [0.05, 0.1) is 0 Å². The van der Waals surface area contributed by atoms with Crippen LogP contribution in [0.15, 0.2) is 11.4 Å². The van der Waals surface area contributed by atoms with Crippen LogP contribution in [0.3, 0.4) is 0 Å². The van der Waals surface area contributed by atoms with E-state index in [-0.39, 0.29) is 0 Å². The molecule has 1 aliphatic rings. The Bertz CT molecular complexity index is 292. The first-order valence-electron chi connectivity index (χ1n) is 5.61. The zero-order valence-electron chi connectivity index (χ0n) is 9.05. The van der Waals surface area contributed by atoms with Crippen molar-refractivity contribution in [1.29, 1.82) is 0 Å². The Balaban J connectivity index is 2.08. The summed E-state index contributed by atoms with van der Waals surface area (Å²) in [5, 5.41) is 5.87. The Morgan fingerprint density at radius 1 is 1.64 bits per heavy atom. The van der Waals surface area contributed by atoms with E-state index >= 15 is 0 Å². The molecule has 1 aromatic heterocycles. The minimum Gasteiger partial charge on any atom is -0.309 e. The molecule has 0 saturated carbocycles. The quantitative estimate of drug-likeness (QED) is 0.805. The van der Waals surface area contributed by atoms with Crippen LogP contribution in [-0.2, 0) is 6.42 Å². The van der Waals surface area contributed by atoms with E-state index in [4.69, 9.17) is 0 Å². The fourth-order valence-corrected chi connectivity index (χ4v) is 3.14. The van der Waals surface area contributed by atoms with Crippen molar-refractivity contribution in [3.05, 3.63) is 21.9 Å². The van der Waals surface area contributed by atoms with Crippen LogP contribution in [0.2, 0.25) is 0 Å². The zero-order valence-corrected chi connectivity index (χ0v) is 9.86. The summed E-state index contributed by atoms with van der Waals surface area (Å²) in [6.45, 7) is 5.79. The van der Waals surface area contributed by atoms with Crippen molar-refractivity contribution in [2.45, 2.75) is 39.2 Å². The van der Waals surface area contributed by atoms with E-state index in [0.29, 0.717) is 6.04 Å². The van der Waals surface area contributed by atoms with E-state index in [1.165, 1.54) is 19.3 Å². The van der Waals surface area contributed by atoms with Crippen LogP contribution in [0.1, 0.15) is 43.2 Å². The standard InChI is InChI=1S/C12H19NS/c1-3-9(2)8-11-12-10(4-6-13-11)5-7-14-12/h5,7,9,11,13H,3-4,6,8H2,1-2H3. The lowest BCUT2D eigenvalue weighted by atomic mass is 9.94. The molecule has 14 heavy (non-hydrogen) atoms. The molecule has 0 fully saturated rings. The lowest BCUT2D eigenvalue weighted by Gasteiger charge is -2.26. The molecule has 2 atom stereocenters. The Kier molecular flexibility index (Phi) is 3.24. The van der Waals surface area contributed by atoms with Gasteiger partial charge in [0.2, 0.25) is 0 Å². The van der Waals surface area contributed by atoms with Gasteiger partial charge in [0.15, 0.2) is 0 Å². The second kappa shape index (κ2) is 4.45.